The Morgan fingerprint density at radius 1 is 1.33 bits per heavy atom. The lowest BCUT2D eigenvalue weighted by Crippen LogP contribution is -2.41. The Morgan fingerprint density at radius 3 is 2.33 bits per heavy atom. The molecule has 0 radical (unpaired) electrons. The number of aliphatic carboxylic acids is 1. The highest BCUT2D eigenvalue weighted by molar-refractivity contribution is 5.73. The number of hydrogen-bond donors (Lipinski definition) is 2. The fourth-order valence-corrected chi connectivity index (χ4v) is 1.25. The molecular formula is C13H26N2O3. The first-order valence-electron chi connectivity index (χ1n) is 6.35. The van der Waals surface area contributed by atoms with Crippen LogP contribution in [0.1, 0.15) is 40.5 Å². The molecule has 0 aliphatic carbocycles. The van der Waals surface area contributed by atoms with Gasteiger partial charge < -0.3 is 15.3 Å². The quantitative estimate of drug-likeness (QED) is 0.767. The second-order valence-electron chi connectivity index (χ2n) is 5.87. The van der Waals surface area contributed by atoms with Gasteiger partial charge in [0.15, 0.2) is 0 Å². The summed E-state index contributed by atoms with van der Waals surface area (Å²) in [6.07, 6.45) is 0.574. The summed E-state index contributed by atoms with van der Waals surface area (Å²) >= 11 is 0. The topological polar surface area (TPSA) is 69.6 Å². The molecule has 0 aromatic carbocycles. The highest BCUT2D eigenvalue weighted by atomic mass is 16.4. The number of rotatable bonds is 6. The van der Waals surface area contributed by atoms with Crippen LogP contribution in [0.4, 0.5) is 4.79 Å². The molecule has 0 aliphatic heterocycles. The van der Waals surface area contributed by atoms with Crippen LogP contribution in [0.2, 0.25) is 0 Å². The molecule has 1 atom stereocenters. The standard InChI is InChI=1S/C13H26N2O3/c1-10(13(2,3)4)9-14-12(18)15(5)8-6-7-11(16)17/h10H,6-9H2,1-5H3,(H,14,18)(H,16,17). The van der Waals surface area contributed by atoms with Crippen molar-refractivity contribution in [3.8, 4) is 0 Å². The first-order chi connectivity index (χ1) is 8.14. The summed E-state index contributed by atoms with van der Waals surface area (Å²) in [6, 6.07) is -0.142. The average molecular weight is 258 g/mol. The number of amides is 2. The lowest BCUT2D eigenvalue weighted by atomic mass is 9.82. The number of carboxylic acid groups (broad SMARTS) is 1. The Labute approximate surface area is 110 Å². The van der Waals surface area contributed by atoms with Gasteiger partial charge in [0.1, 0.15) is 0 Å². The van der Waals surface area contributed by atoms with Gasteiger partial charge >= 0.3 is 12.0 Å². The van der Waals surface area contributed by atoms with Crippen molar-refractivity contribution >= 4 is 12.0 Å². The van der Waals surface area contributed by atoms with Crippen molar-refractivity contribution in [3.05, 3.63) is 0 Å². The summed E-state index contributed by atoms with van der Waals surface area (Å²) in [7, 11) is 1.68. The van der Waals surface area contributed by atoms with E-state index in [1.54, 1.807) is 7.05 Å². The smallest absolute Gasteiger partial charge is 0.317 e. The molecule has 2 amide bonds. The minimum absolute atomic E-state index is 0.0933. The van der Waals surface area contributed by atoms with Crippen molar-refractivity contribution in [1.82, 2.24) is 10.2 Å². The summed E-state index contributed by atoms with van der Waals surface area (Å²) in [5.41, 5.74) is 0.162. The van der Waals surface area contributed by atoms with Crippen molar-refractivity contribution in [1.29, 1.82) is 0 Å². The van der Waals surface area contributed by atoms with Crippen LogP contribution in [0, 0.1) is 11.3 Å². The summed E-state index contributed by atoms with van der Waals surface area (Å²) in [4.78, 5) is 23.6. The highest BCUT2D eigenvalue weighted by Gasteiger charge is 2.20. The third kappa shape index (κ3) is 7.14. The fourth-order valence-electron chi connectivity index (χ4n) is 1.25. The van der Waals surface area contributed by atoms with Gasteiger partial charge in [-0.15, -0.1) is 0 Å². The number of carbonyl (C=O) groups is 2. The zero-order chi connectivity index (χ0) is 14.3. The molecule has 106 valence electrons. The van der Waals surface area contributed by atoms with Gasteiger partial charge in [0.05, 0.1) is 0 Å². The predicted octanol–water partition coefficient (Wildman–Crippen LogP) is 2.17. The normalized spacial score (nSPS) is 12.9. The zero-order valence-electron chi connectivity index (χ0n) is 12.1. The molecular weight excluding hydrogens is 232 g/mol. The third-order valence-electron chi connectivity index (χ3n) is 3.27. The maximum absolute atomic E-state index is 11.7. The number of hydrogen-bond acceptors (Lipinski definition) is 2. The van der Waals surface area contributed by atoms with E-state index in [2.05, 4.69) is 33.0 Å². The van der Waals surface area contributed by atoms with E-state index in [4.69, 9.17) is 5.11 Å². The van der Waals surface area contributed by atoms with Gasteiger partial charge in [0, 0.05) is 26.6 Å². The zero-order valence-corrected chi connectivity index (χ0v) is 12.1. The van der Waals surface area contributed by atoms with Crippen LogP contribution in [0.25, 0.3) is 0 Å². The summed E-state index contributed by atoms with van der Waals surface area (Å²) in [5.74, 6) is -0.445. The third-order valence-corrected chi connectivity index (χ3v) is 3.27. The van der Waals surface area contributed by atoms with Crippen molar-refractivity contribution in [2.24, 2.45) is 11.3 Å². The molecule has 1 unspecified atom stereocenters. The van der Waals surface area contributed by atoms with Gasteiger partial charge in [0.2, 0.25) is 0 Å². The van der Waals surface area contributed by atoms with Crippen LogP contribution in [0.5, 0.6) is 0 Å². The molecule has 0 bridgehead atoms. The number of nitrogens with zero attached hydrogens (tertiary/aromatic N) is 1. The van der Waals surface area contributed by atoms with E-state index in [-0.39, 0.29) is 17.9 Å². The van der Waals surface area contributed by atoms with Gasteiger partial charge in [-0.25, -0.2) is 4.79 Å². The van der Waals surface area contributed by atoms with Gasteiger partial charge in [0.25, 0.3) is 0 Å². The predicted molar refractivity (Wildman–Crippen MR) is 71.5 cm³/mol. The maximum Gasteiger partial charge on any atom is 0.317 e. The molecule has 5 heteroatoms. The van der Waals surface area contributed by atoms with Crippen LogP contribution in [-0.2, 0) is 4.79 Å². The Morgan fingerprint density at radius 2 is 1.89 bits per heavy atom. The molecule has 5 nitrogen and oxygen atoms in total. The van der Waals surface area contributed by atoms with E-state index in [1.807, 2.05) is 0 Å². The molecule has 0 saturated carbocycles. The number of carbonyl (C=O) groups excluding carboxylic acids is 1. The van der Waals surface area contributed by atoms with Crippen molar-refractivity contribution < 1.29 is 14.7 Å². The molecule has 0 heterocycles. The molecule has 0 aromatic heterocycles. The average Bonchev–Trinajstić information content (AvgIpc) is 2.23. The molecule has 0 rings (SSSR count). The minimum Gasteiger partial charge on any atom is -0.481 e. The van der Waals surface area contributed by atoms with E-state index >= 15 is 0 Å². The van der Waals surface area contributed by atoms with Crippen LogP contribution in [0.15, 0.2) is 0 Å². The second kappa shape index (κ2) is 7.24. The Balaban J connectivity index is 3.91. The molecule has 0 aliphatic rings. The Hall–Kier alpha value is -1.26. The molecule has 0 saturated heterocycles. The van der Waals surface area contributed by atoms with Gasteiger partial charge in [-0.1, -0.05) is 27.7 Å². The van der Waals surface area contributed by atoms with E-state index in [9.17, 15) is 9.59 Å². The Kier molecular flexibility index (Phi) is 6.73. The number of carboxylic acids is 1. The summed E-state index contributed by atoms with van der Waals surface area (Å²) < 4.78 is 0. The van der Waals surface area contributed by atoms with Crippen molar-refractivity contribution in [2.75, 3.05) is 20.1 Å². The van der Waals surface area contributed by atoms with E-state index in [0.29, 0.717) is 25.4 Å². The molecule has 18 heavy (non-hydrogen) atoms. The van der Waals surface area contributed by atoms with Crippen molar-refractivity contribution in [3.63, 3.8) is 0 Å². The maximum atomic E-state index is 11.7. The van der Waals surface area contributed by atoms with E-state index in [1.165, 1.54) is 4.90 Å². The number of urea groups is 1. The van der Waals surface area contributed by atoms with Crippen LogP contribution < -0.4 is 5.32 Å². The molecule has 0 aromatic rings. The van der Waals surface area contributed by atoms with Crippen molar-refractivity contribution in [2.45, 2.75) is 40.5 Å². The molecule has 0 fully saturated rings. The van der Waals surface area contributed by atoms with Gasteiger partial charge in [-0.05, 0) is 17.8 Å². The number of nitrogens with one attached hydrogen (secondary N) is 1. The van der Waals surface area contributed by atoms with Crippen LogP contribution >= 0.6 is 0 Å². The minimum atomic E-state index is -0.829. The first-order valence-corrected chi connectivity index (χ1v) is 6.35. The monoisotopic (exact) mass is 258 g/mol. The molecule has 2 N–H and O–H groups in total. The second-order valence-corrected chi connectivity index (χ2v) is 5.87. The fraction of sp³-hybridized carbons (Fsp3) is 0.846. The lowest BCUT2D eigenvalue weighted by Gasteiger charge is -2.28. The van der Waals surface area contributed by atoms with Crippen LogP contribution in [0.3, 0.4) is 0 Å². The lowest BCUT2D eigenvalue weighted by molar-refractivity contribution is -0.137. The largest absolute Gasteiger partial charge is 0.481 e. The van der Waals surface area contributed by atoms with E-state index in [0.717, 1.165) is 0 Å². The van der Waals surface area contributed by atoms with Gasteiger partial charge in [-0.3, -0.25) is 4.79 Å². The molecule has 0 spiro atoms. The van der Waals surface area contributed by atoms with E-state index < -0.39 is 5.97 Å². The summed E-state index contributed by atoms with van der Waals surface area (Å²) in [5, 5.41) is 11.4. The van der Waals surface area contributed by atoms with Gasteiger partial charge in [-0.2, -0.15) is 0 Å². The first kappa shape index (κ1) is 16.7. The SMILES string of the molecule is CC(CNC(=O)N(C)CCCC(=O)O)C(C)(C)C. The summed E-state index contributed by atoms with van der Waals surface area (Å²) in [6.45, 7) is 9.61. The van der Waals surface area contributed by atoms with Crippen LogP contribution in [-0.4, -0.2) is 42.1 Å². The Bertz CT molecular complexity index is 284. The highest BCUT2D eigenvalue weighted by Crippen LogP contribution is 2.24.